The second kappa shape index (κ2) is 4.52. The van der Waals surface area contributed by atoms with Crippen molar-refractivity contribution in [3.8, 4) is 5.75 Å². The number of hydrogen-bond acceptors (Lipinski definition) is 3. The highest BCUT2D eigenvalue weighted by Gasteiger charge is 2.22. The van der Waals surface area contributed by atoms with Gasteiger partial charge in [0.25, 0.3) is 6.43 Å². The average Bonchev–Trinajstić information content (AvgIpc) is 2.16. The molecule has 0 fully saturated rings. The standard InChI is InChI=1S/C8H6BrF2NO3/c1-15-6-3(8(13)14)2-12-5(4(6)9)7(10)11/h2,7H,1H3,(H,13,14). The number of hydrogen-bond donors (Lipinski definition) is 1. The molecule has 0 spiro atoms. The van der Waals surface area contributed by atoms with Gasteiger partial charge in [-0.05, 0) is 15.9 Å². The number of pyridine rings is 1. The molecular weight excluding hydrogens is 276 g/mol. The summed E-state index contributed by atoms with van der Waals surface area (Å²) in [7, 11) is 1.20. The Bertz CT molecular complexity index is 398. The van der Waals surface area contributed by atoms with Gasteiger partial charge in [-0.3, -0.25) is 4.98 Å². The van der Waals surface area contributed by atoms with Gasteiger partial charge in [0.15, 0.2) is 5.75 Å². The SMILES string of the molecule is COc1c(C(=O)O)cnc(C(F)F)c1Br. The van der Waals surface area contributed by atoms with E-state index in [0.717, 1.165) is 6.20 Å². The molecule has 1 N–H and O–H groups in total. The van der Waals surface area contributed by atoms with Gasteiger partial charge in [0, 0.05) is 6.20 Å². The van der Waals surface area contributed by atoms with Crippen LogP contribution in [0.25, 0.3) is 0 Å². The molecule has 1 rings (SSSR count). The van der Waals surface area contributed by atoms with Gasteiger partial charge in [0.2, 0.25) is 0 Å². The van der Waals surface area contributed by atoms with Crippen molar-refractivity contribution in [1.29, 1.82) is 0 Å². The van der Waals surface area contributed by atoms with Crippen LogP contribution in [0.3, 0.4) is 0 Å². The highest BCUT2D eigenvalue weighted by molar-refractivity contribution is 9.10. The van der Waals surface area contributed by atoms with Crippen molar-refractivity contribution in [1.82, 2.24) is 4.98 Å². The molecule has 0 bridgehead atoms. The van der Waals surface area contributed by atoms with Crippen molar-refractivity contribution in [2.75, 3.05) is 7.11 Å². The quantitative estimate of drug-likeness (QED) is 0.925. The molecule has 0 aliphatic heterocycles. The van der Waals surface area contributed by atoms with Crippen LogP contribution in [0.15, 0.2) is 10.7 Å². The second-order valence-corrected chi connectivity index (χ2v) is 3.30. The Morgan fingerprint density at radius 2 is 2.27 bits per heavy atom. The van der Waals surface area contributed by atoms with Gasteiger partial charge in [-0.15, -0.1) is 0 Å². The molecule has 15 heavy (non-hydrogen) atoms. The number of carbonyl (C=O) groups is 1. The Balaban J connectivity index is 3.39. The van der Waals surface area contributed by atoms with Crippen LogP contribution in [0.5, 0.6) is 5.75 Å². The van der Waals surface area contributed by atoms with Crippen LogP contribution in [0, 0.1) is 0 Å². The normalized spacial score (nSPS) is 10.5. The number of carboxylic acid groups (broad SMARTS) is 1. The largest absolute Gasteiger partial charge is 0.495 e. The predicted molar refractivity (Wildman–Crippen MR) is 50.4 cm³/mol. The van der Waals surface area contributed by atoms with Crippen molar-refractivity contribution in [2.24, 2.45) is 0 Å². The number of aromatic nitrogens is 1. The first-order valence-electron chi connectivity index (χ1n) is 3.72. The third-order valence-electron chi connectivity index (χ3n) is 1.64. The number of alkyl halides is 2. The Kier molecular flexibility index (Phi) is 3.57. The fourth-order valence-electron chi connectivity index (χ4n) is 0.988. The van der Waals surface area contributed by atoms with Crippen LogP contribution >= 0.6 is 15.9 Å². The summed E-state index contributed by atoms with van der Waals surface area (Å²) >= 11 is 2.83. The fraction of sp³-hybridized carbons (Fsp3) is 0.250. The lowest BCUT2D eigenvalue weighted by Gasteiger charge is -2.09. The van der Waals surface area contributed by atoms with E-state index in [1.54, 1.807) is 0 Å². The summed E-state index contributed by atoms with van der Waals surface area (Å²) in [5.41, 5.74) is -0.814. The maximum Gasteiger partial charge on any atom is 0.341 e. The molecule has 82 valence electrons. The zero-order chi connectivity index (χ0) is 11.6. The number of ether oxygens (including phenoxy) is 1. The first-order valence-corrected chi connectivity index (χ1v) is 4.52. The lowest BCUT2D eigenvalue weighted by Crippen LogP contribution is -2.05. The van der Waals surface area contributed by atoms with E-state index in [2.05, 4.69) is 20.9 Å². The minimum atomic E-state index is -2.80. The third kappa shape index (κ3) is 2.23. The lowest BCUT2D eigenvalue weighted by atomic mass is 10.2. The van der Waals surface area contributed by atoms with E-state index in [1.165, 1.54) is 7.11 Å². The molecule has 7 heteroatoms. The molecule has 0 radical (unpaired) electrons. The predicted octanol–water partition coefficient (Wildman–Crippen LogP) is 2.49. The first kappa shape index (κ1) is 11.8. The molecular formula is C8H6BrF2NO3. The average molecular weight is 282 g/mol. The van der Waals surface area contributed by atoms with E-state index in [0.29, 0.717) is 0 Å². The molecule has 0 unspecified atom stereocenters. The summed E-state index contributed by atoms with van der Waals surface area (Å²) < 4.78 is 29.4. The summed E-state index contributed by atoms with van der Waals surface area (Å²) in [5.74, 6) is -1.45. The smallest absolute Gasteiger partial charge is 0.341 e. The van der Waals surface area contributed by atoms with Crippen LogP contribution in [-0.4, -0.2) is 23.2 Å². The van der Waals surface area contributed by atoms with E-state index >= 15 is 0 Å². The molecule has 0 aliphatic carbocycles. The molecule has 0 atom stereocenters. The van der Waals surface area contributed by atoms with Crippen LogP contribution < -0.4 is 4.74 Å². The molecule has 1 aromatic heterocycles. The zero-order valence-corrected chi connectivity index (χ0v) is 9.09. The number of nitrogens with zero attached hydrogens (tertiary/aromatic N) is 1. The van der Waals surface area contributed by atoms with Crippen molar-refractivity contribution in [3.63, 3.8) is 0 Å². The Morgan fingerprint density at radius 1 is 1.67 bits per heavy atom. The van der Waals surface area contributed by atoms with E-state index in [4.69, 9.17) is 9.84 Å². The molecule has 0 saturated carbocycles. The third-order valence-corrected chi connectivity index (χ3v) is 2.41. The van der Waals surface area contributed by atoms with Gasteiger partial charge in [-0.1, -0.05) is 0 Å². The number of halogens is 3. The zero-order valence-electron chi connectivity index (χ0n) is 7.50. The minimum Gasteiger partial charge on any atom is -0.495 e. The van der Waals surface area contributed by atoms with Crippen LogP contribution in [0.1, 0.15) is 22.5 Å². The van der Waals surface area contributed by atoms with Gasteiger partial charge >= 0.3 is 5.97 Å². The Hall–Kier alpha value is -1.24. The molecule has 4 nitrogen and oxygen atoms in total. The van der Waals surface area contributed by atoms with E-state index < -0.39 is 18.1 Å². The van der Waals surface area contributed by atoms with Crippen molar-refractivity contribution in [3.05, 3.63) is 21.9 Å². The fourth-order valence-corrected chi connectivity index (χ4v) is 1.64. The second-order valence-electron chi connectivity index (χ2n) is 2.51. The van der Waals surface area contributed by atoms with Gasteiger partial charge in [0.1, 0.15) is 11.3 Å². The maximum atomic E-state index is 12.4. The number of aromatic carboxylic acids is 1. The highest BCUT2D eigenvalue weighted by Crippen LogP contribution is 2.35. The summed E-state index contributed by atoms with van der Waals surface area (Å²) in [6.07, 6.45) is -1.95. The molecule has 1 heterocycles. The van der Waals surface area contributed by atoms with E-state index in [9.17, 15) is 13.6 Å². The van der Waals surface area contributed by atoms with Gasteiger partial charge in [0.05, 0.1) is 11.6 Å². The summed E-state index contributed by atoms with van der Waals surface area (Å²) in [6, 6.07) is 0. The van der Waals surface area contributed by atoms with Gasteiger partial charge < -0.3 is 9.84 Å². The Morgan fingerprint density at radius 3 is 2.67 bits per heavy atom. The molecule has 1 aromatic rings. The van der Waals surface area contributed by atoms with Crippen molar-refractivity contribution >= 4 is 21.9 Å². The number of rotatable bonds is 3. The highest BCUT2D eigenvalue weighted by atomic mass is 79.9. The molecule has 0 amide bonds. The van der Waals surface area contributed by atoms with E-state index in [1.807, 2.05) is 0 Å². The monoisotopic (exact) mass is 281 g/mol. The van der Waals surface area contributed by atoms with Crippen LogP contribution in [-0.2, 0) is 0 Å². The molecule has 0 aromatic carbocycles. The van der Waals surface area contributed by atoms with Crippen LogP contribution in [0.2, 0.25) is 0 Å². The number of methoxy groups -OCH3 is 1. The van der Waals surface area contributed by atoms with Gasteiger partial charge in [-0.25, -0.2) is 13.6 Å². The minimum absolute atomic E-state index is 0.139. The topological polar surface area (TPSA) is 59.4 Å². The molecule has 0 saturated heterocycles. The first-order chi connectivity index (χ1) is 6.99. The summed E-state index contributed by atoms with van der Waals surface area (Å²) in [6.45, 7) is 0. The maximum absolute atomic E-state index is 12.4. The lowest BCUT2D eigenvalue weighted by molar-refractivity contribution is 0.0691. The molecule has 0 aliphatic rings. The Labute approximate surface area is 92.0 Å². The summed E-state index contributed by atoms with van der Waals surface area (Å²) in [4.78, 5) is 14.0. The van der Waals surface area contributed by atoms with Gasteiger partial charge in [-0.2, -0.15) is 0 Å². The van der Waals surface area contributed by atoms with Crippen molar-refractivity contribution in [2.45, 2.75) is 6.43 Å². The van der Waals surface area contributed by atoms with E-state index in [-0.39, 0.29) is 15.8 Å². The van der Waals surface area contributed by atoms with Crippen LogP contribution in [0.4, 0.5) is 8.78 Å². The van der Waals surface area contributed by atoms with Crippen molar-refractivity contribution < 1.29 is 23.4 Å². The summed E-state index contributed by atoms with van der Waals surface area (Å²) in [5, 5.41) is 8.72. The number of carboxylic acids is 1.